The highest BCUT2D eigenvalue weighted by Gasteiger charge is 2.27. The molecule has 3 heteroatoms. The first-order valence-corrected chi connectivity index (χ1v) is 5.42. The SMILES string of the molecule is CC1(C)CCCC(Nc2ncc[nH]2)C1. The van der Waals surface area contributed by atoms with Crippen LogP contribution in [0.4, 0.5) is 5.95 Å². The number of H-pyrrole nitrogens is 1. The third-order valence-corrected chi connectivity index (χ3v) is 3.04. The Morgan fingerprint density at radius 1 is 1.57 bits per heavy atom. The molecular weight excluding hydrogens is 174 g/mol. The Kier molecular flexibility index (Phi) is 2.48. The number of hydrogen-bond acceptors (Lipinski definition) is 2. The van der Waals surface area contributed by atoms with Gasteiger partial charge in [-0.3, -0.25) is 0 Å². The maximum absolute atomic E-state index is 4.19. The molecule has 1 heterocycles. The van der Waals surface area contributed by atoms with Crippen LogP contribution in [0.3, 0.4) is 0 Å². The minimum Gasteiger partial charge on any atom is -0.353 e. The van der Waals surface area contributed by atoms with Gasteiger partial charge < -0.3 is 10.3 Å². The van der Waals surface area contributed by atoms with Crippen LogP contribution in [0.2, 0.25) is 0 Å². The molecular formula is C11H19N3. The summed E-state index contributed by atoms with van der Waals surface area (Å²) < 4.78 is 0. The lowest BCUT2D eigenvalue weighted by Crippen LogP contribution is -2.32. The summed E-state index contributed by atoms with van der Waals surface area (Å²) in [5.74, 6) is 0.910. The molecule has 0 amide bonds. The molecule has 1 aliphatic rings. The predicted octanol–water partition coefficient (Wildman–Crippen LogP) is 2.79. The molecule has 0 spiro atoms. The minimum absolute atomic E-state index is 0.489. The average molecular weight is 193 g/mol. The lowest BCUT2D eigenvalue weighted by atomic mass is 9.75. The van der Waals surface area contributed by atoms with E-state index in [4.69, 9.17) is 0 Å². The fourth-order valence-electron chi connectivity index (χ4n) is 2.36. The van der Waals surface area contributed by atoms with Crippen LogP contribution >= 0.6 is 0 Å². The maximum atomic E-state index is 4.19. The lowest BCUT2D eigenvalue weighted by molar-refractivity contribution is 0.229. The van der Waals surface area contributed by atoms with Gasteiger partial charge in [0.2, 0.25) is 0 Å². The van der Waals surface area contributed by atoms with Gasteiger partial charge in [0.15, 0.2) is 5.95 Å². The molecule has 0 aromatic carbocycles. The largest absolute Gasteiger partial charge is 0.353 e. The quantitative estimate of drug-likeness (QED) is 0.758. The smallest absolute Gasteiger partial charge is 0.200 e. The summed E-state index contributed by atoms with van der Waals surface area (Å²) in [6.07, 6.45) is 8.83. The second-order valence-electron chi connectivity index (χ2n) is 5.04. The van der Waals surface area contributed by atoms with Gasteiger partial charge in [0.05, 0.1) is 0 Å². The number of anilines is 1. The molecule has 1 aliphatic carbocycles. The second kappa shape index (κ2) is 3.64. The molecule has 0 bridgehead atoms. The summed E-state index contributed by atoms with van der Waals surface area (Å²) in [6, 6.07) is 0.588. The van der Waals surface area contributed by atoms with Crippen molar-refractivity contribution in [3.63, 3.8) is 0 Å². The third kappa shape index (κ3) is 2.28. The summed E-state index contributed by atoms with van der Waals surface area (Å²) in [5.41, 5.74) is 0.489. The van der Waals surface area contributed by atoms with E-state index >= 15 is 0 Å². The Morgan fingerprint density at radius 3 is 3.07 bits per heavy atom. The summed E-state index contributed by atoms with van der Waals surface area (Å²) in [6.45, 7) is 4.70. The molecule has 1 unspecified atom stereocenters. The van der Waals surface area contributed by atoms with Crippen molar-refractivity contribution in [3.05, 3.63) is 12.4 Å². The number of nitrogens with one attached hydrogen (secondary N) is 2. The van der Waals surface area contributed by atoms with Crippen molar-refractivity contribution < 1.29 is 0 Å². The van der Waals surface area contributed by atoms with Crippen LogP contribution in [0.1, 0.15) is 39.5 Å². The van der Waals surface area contributed by atoms with E-state index in [0.717, 1.165) is 5.95 Å². The molecule has 1 aromatic heterocycles. The highest BCUT2D eigenvalue weighted by Crippen LogP contribution is 2.35. The standard InChI is InChI=1S/C11H19N3/c1-11(2)5-3-4-9(8-11)14-10-12-6-7-13-10/h6-7,9H,3-5,8H2,1-2H3,(H2,12,13,14). The predicted molar refractivity (Wildman–Crippen MR) is 58.2 cm³/mol. The number of rotatable bonds is 2. The second-order valence-corrected chi connectivity index (χ2v) is 5.04. The maximum Gasteiger partial charge on any atom is 0.200 e. The van der Waals surface area contributed by atoms with Gasteiger partial charge in [-0.2, -0.15) is 0 Å². The highest BCUT2D eigenvalue weighted by atomic mass is 15.1. The molecule has 78 valence electrons. The first kappa shape index (κ1) is 9.56. The van der Waals surface area contributed by atoms with E-state index in [-0.39, 0.29) is 0 Å². The first-order valence-electron chi connectivity index (χ1n) is 5.42. The fourth-order valence-corrected chi connectivity index (χ4v) is 2.36. The Morgan fingerprint density at radius 2 is 2.43 bits per heavy atom. The summed E-state index contributed by atoms with van der Waals surface area (Å²) in [5, 5.41) is 3.45. The van der Waals surface area contributed by atoms with Crippen LogP contribution in [-0.4, -0.2) is 16.0 Å². The van der Waals surface area contributed by atoms with Gasteiger partial charge in [-0.1, -0.05) is 20.3 Å². The molecule has 0 saturated heterocycles. The number of hydrogen-bond donors (Lipinski definition) is 2. The number of nitrogens with zero attached hydrogens (tertiary/aromatic N) is 1. The molecule has 0 radical (unpaired) electrons. The topological polar surface area (TPSA) is 40.7 Å². The fraction of sp³-hybridized carbons (Fsp3) is 0.727. The monoisotopic (exact) mass is 193 g/mol. The van der Waals surface area contributed by atoms with E-state index in [0.29, 0.717) is 11.5 Å². The molecule has 1 saturated carbocycles. The van der Waals surface area contributed by atoms with E-state index in [1.54, 1.807) is 6.20 Å². The van der Waals surface area contributed by atoms with Crippen molar-refractivity contribution in [2.75, 3.05) is 5.32 Å². The summed E-state index contributed by atoms with van der Waals surface area (Å²) in [7, 11) is 0. The molecule has 1 aromatic rings. The van der Waals surface area contributed by atoms with Gasteiger partial charge in [-0.15, -0.1) is 0 Å². The lowest BCUT2D eigenvalue weighted by Gasteiger charge is -2.35. The molecule has 14 heavy (non-hydrogen) atoms. The van der Waals surface area contributed by atoms with E-state index < -0.39 is 0 Å². The van der Waals surface area contributed by atoms with Crippen molar-refractivity contribution >= 4 is 5.95 Å². The average Bonchev–Trinajstić information content (AvgIpc) is 2.54. The first-order chi connectivity index (χ1) is 6.66. The van der Waals surface area contributed by atoms with Crippen LogP contribution in [-0.2, 0) is 0 Å². The number of imidazole rings is 1. The van der Waals surface area contributed by atoms with Crippen molar-refractivity contribution in [1.82, 2.24) is 9.97 Å². The van der Waals surface area contributed by atoms with E-state index in [9.17, 15) is 0 Å². The Labute approximate surface area is 85.3 Å². The van der Waals surface area contributed by atoms with E-state index in [1.807, 2.05) is 6.20 Å². The molecule has 3 nitrogen and oxygen atoms in total. The Balaban J connectivity index is 1.92. The summed E-state index contributed by atoms with van der Waals surface area (Å²) in [4.78, 5) is 7.28. The van der Waals surface area contributed by atoms with Crippen molar-refractivity contribution in [1.29, 1.82) is 0 Å². The van der Waals surface area contributed by atoms with Crippen molar-refractivity contribution in [2.45, 2.75) is 45.6 Å². The zero-order valence-corrected chi connectivity index (χ0v) is 9.01. The van der Waals surface area contributed by atoms with Gasteiger partial charge in [0.1, 0.15) is 0 Å². The number of aromatic amines is 1. The molecule has 2 N–H and O–H groups in total. The van der Waals surface area contributed by atoms with E-state index in [2.05, 4.69) is 29.1 Å². The molecule has 1 fully saturated rings. The van der Waals surface area contributed by atoms with Crippen molar-refractivity contribution in [2.24, 2.45) is 5.41 Å². The van der Waals surface area contributed by atoms with Crippen LogP contribution in [0.5, 0.6) is 0 Å². The molecule has 2 rings (SSSR count). The third-order valence-electron chi connectivity index (χ3n) is 3.04. The zero-order valence-electron chi connectivity index (χ0n) is 9.01. The Bertz CT molecular complexity index is 277. The molecule has 0 aliphatic heterocycles. The molecule has 1 atom stereocenters. The number of aromatic nitrogens is 2. The normalized spacial score (nSPS) is 26.0. The van der Waals surface area contributed by atoms with Crippen LogP contribution in [0.15, 0.2) is 12.4 Å². The summed E-state index contributed by atoms with van der Waals surface area (Å²) >= 11 is 0. The minimum atomic E-state index is 0.489. The van der Waals surface area contributed by atoms with Crippen LogP contribution in [0, 0.1) is 5.41 Å². The van der Waals surface area contributed by atoms with Crippen LogP contribution < -0.4 is 5.32 Å². The van der Waals surface area contributed by atoms with Gasteiger partial charge in [-0.05, 0) is 24.7 Å². The van der Waals surface area contributed by atoms with Gasteiger partial charge >= 0.3 is 0 Å². The van der Waals surface area contributed by atoms with Gasteiger partial charge in [-0.25, -0.2) is 4.98 Å². The van der Waals surface area contributed by atoms with Crippen LogP contribution in [0.25, 0.3) is 0 Å². The Hall–Kier alpha value is -0.990. The zero-order chi connectivity index (χ0) is 10.0. The van der Waals surface area contributed by atoms with Gasteiger partial charge in [0, 0.05) is 18.4 Å². The van der Waals surface area contributed by atoms with E-state index in [1.165, 1.54) is 25.7 Å². The van der Waals surface area contributed by atoms with Crippen molar-refractivity contribution in [3.8, 4) is 0 Å². The van der Waals surface area contributed by atoms with Gasteiger partial charge in [0.25, 0.3) is 0 Å². The highest BCUT2D eigenvalue weighted by molar-refractivity contribution is 5.25.